The Kier molecular flexibility index (Phi) is 3.61. The van der Waals surface area contributed by atoms with Crippen molar-refractivity contribution in [1.29, 1.82) is 0 Å². The average molecular weight is 351 g/mol. The van der Waals surface area contributed by atoms with Crippen molar-refractivity contribution in [3.05, 3.63) is 53.3 Å². The molecule has 1 aromatic heterocycles. The molecular formula is C17H16F3N3O2. The Morgan fingerprint density at radius 3 is 2.52 bits per heavy atom. The molecule has 2 aliphatic rings. The van der Waals surface area contributed by atoms with Gasteiger partial charge < -0.3 is 9.94 Å². The fraction of sp³-hybridized carbons (Fsp3) is 0.412. The highest BCUT2D eigenvalue weighted by atomic mass is 19.4. The van der Waals surface area contributed by atoms with Crippen LogP contribution in [-0.4, -0.2) is 32.6 Å². The smallest absolute Gasteiger partial charge is 0.350 e. The number of oxime groups is 1. The van der Waals surface area contributed by atoms with E-state index in [2.05, 4.69) is 15.1 Å². The maximum absolute atomic E-state index is 12.7. The van der Waals surface area contributed by atoms with E-state index >= 15 is 0 Å². The molecule has 1 aromatic carbocycles. The second-order valence-electron chi connectivity index (χ2n) is 6.50. The molecule has 0 bridgehead atoms. The number of alkyl halides is 3. The monoisotopic (exact) mass is 351 g/mol. The van der Waals surface area contributed by atoms with Crippen molar-refractivity contribution in [2.75, 3.05) is 0 Å². The Morgan fingerprint density at radius 1 is 1.20 bits per heavy atom. The van der Waals surface area contributed by atoms with Crippen molar-refractivity contribution in [3.8, 4) is 0 Å². The minimum Gasteiger partial charge on any atom is -0.350 e. The van der Waals surface area contributed by atoms with Crippen LogP contribution < -0.4 is 0 Å². The SMILES string of the molecule is OC1(C(F)(F)F)CC(c2ccc(Cn3ccc(C4CC4)n3)cc2)=NO1. The van der Waals surface area contributed by atoms with E-state index in [-0.39, 0.29) is 5.71 Å². The molecule has 0 spiro atoms. The predicted octanol–water partition coefficient (Wildman–Crippen LogP) is 3.18. The summed E-state index contributed by atoms with van der Waals surface area (Å²) in [6, 6.07) is 8.98. The number of nitrogens with zero attached hydrogens (tertiary/aromatic N) is 3. The third-order valence-electron chi connectivity index (χ3n) is 4.45. The summed E-state index contributed by atoms with van der Waals surface area (Å²) in [7, 11) is 0. The minimum atomic E-state index is -4.89. The van der Waals surface area contributed by atoms with Gasteiger partial charge in [0.1, 0.15) is 0 Å². The van der Waals surface area contributed by atoms with E-state index in [4.69, 9.17) is 0 Å². The molecule has 0 amide bonds. The fourth-order valence-corrected chi connectivity index (χ4v) is 2.78. The number of hydrogen-bond donors (Lipinski definition) is 1. The number of halogens is 3. The Labute approximate surface area is 141 Å². The summed E-state index contributed by atoms with van der Waals surface area (Å²) in [6.07, 6.45) is -1.29. The van der Waals surface area contributed by atoms with Gasteiger partial charge in [-0.2, -0.15) is 18.3 Å². The van der Waals surface area contributed by atoms with E-state index in [9.17, 15) is 18.3 Å². The van der Waals surface area contributed by atoms with E-state index in [1.807, 2.05) is 16.9 Å². The van der Waals surface area contributed by atoms with E-state index in [0.717, 1.165) is 11.3 Å². The van der Waals surface area contributed by atoms with Gasteiger partial charge in [0.25, 0.3) is 0 Å². The first-order chi connectivity index (χ1) is 11.8. The first kappa shape index (κ1) is 16.1. The molecule has 1 atom stereocenters. The number of hydrogen-bond acceptors (Lipinski definition) is 4. The van der Waals surface area contributed by atoms with Gasteiger partial charge in [0.2, 0.25) is 0 Å². The van der Waals surface area contributed by atoms with Crippen LogP contribution in [-0.2, 0) is 11.4 Å². The number of benzene rings is 1. The third kappa shape index (κ3) is 3.13. The van der Waals surface area contributed by atoms with Crippen LogP contribution in [0, 0.1) is 0 Å². The summed E-state index contributed by atoms with van der Waals surface area (Å²) >= 11 is 0. The van der Waals surface area contributed by atoms with E-state index in [0.29, 0.717) is 18.0 Å². The molecule has 4 rings (SSSR count). The molecule has 1 saturated carbocycles. The molecule has 1 aliphatic carbocycles. The lowest BCUT2D eigenvalue weighted by atomic mass is 10.0. The number of aliphatic hydroxyl groups is 1. The molecule has 2 aromatic rings. The first-order valence-corrected chi connectivity index (χ1v) is 8.01. The highest BCUT2D eigenvalue weighted by Gasteiger charge is 2.60. The summed E-state index contributed by atoms with van der Waals surface area (Å²) in [5, 5.41) is 17.4. The third-order valence-corrected chi connectivity index (χ3v) is 4.45. The largest absolute Gasteiger partial charge is 0.458 e. The lowest BCUT2D eigenvalue weighted by molar-refractivity contribution is -0.355. The molecule has 5 nitrogen and oxygen atoms in total. The number of aromatic nitrogens is 2. The standard InChI is InChI=1S/C17H16F3N3O2/c18-17(19,20)16(24)9-15(22-25-16)13-3-1-11(2-4-13)10-23-8-7-14(21-23)12-5-6-12/h1-4,7-8,12,24H,5-6,9-10H2. The summed E-state index contributed by atoms with van der Waals surface area (Å²) in [4.78, 5) is 4.23. The summed E-state index contributed by atoms with van der Waals surface area (Å²) in [5.74, 6) is -2.65. The van der Waals surface area contributed by atoms with Crippen LogP contribution in [0.5, 0.6) is 0 Å². The Bertz CT molecular complexity index is 809. The summed E-state index contributed by atoms with van der Waals surface area (Å²) < 4.78 is 40.1. The van der Waals surface area contributed by atoms with Crippen molar-refractivity contribution < 1.29 is 23.1 Å². The van der Waals surface area contributed by atoms with Crippen LogP contribution in [0.1, 0.15) is 42.0 Å². The molecule has 1 fully saturated rings. The van der Waals surface area contributed by atoms with Gasteiger partial charge in [-0.15, -0.1) is 0 Å². The molecule has 132 valence electrons. The van der Waals surface area contributed by atoms with Gasteiger partial charge >= 0.3 is 12.0 Å². The van der Waals surface area contributed by atoms with Crippen molar-refractivity contribution >= 4 is 5.71 Å². The Hall–Kier alpha value is -2.35. The van der Waals surface area contributed by atoms with Crippen LogP contribution in [0.2, 0.25) is 0 Å². The molecule has 0 radical (unpaired) electrons. The molecule has 0 saturated heterocycles. The lowest BCUT2D eigenvalue weighted by Gasteiger charge is -2.22. The lowest BCUT2D eigenvalue weighted by Crippen LogP contribution is -2.45. The molecule has 8 heteroatoms. The average Bonchev–Trinajstić information content (AvgIpc) is 3.17. The summed E-state index contributed by atoms with van der Waals surface area (Å²) in [5.41, 5.74) is 2.64. The van der Waals surface area contributed by atoms with E-state index in [1.165, 1.54) is 12.8 Å². The second-order valence-corrected chi connectivity index (χ2v) is 6.50. The van der Waals surface area contributed by atoms with Crippen LogP contribution in [0.3, 0.4) is 0 Å². The zero-order valence-corrected chi connectivity index (χ0v) is 13.2. The van der Waals surface area contributed by atoms with Crippen LogP contribution in [0.15, 0.2) is 41.7 Å². The maximum atomic E-state index is 12.7. The van der Waals surface area contributed by atoms with Crippen molar-refractivity contribution in [3.63, 3.8) is 0 Å². The van der Waals surface area contributed by atoms with Gasteiger partial charge in [0.15, 0.2) is 0 Å². The fourth-order valence-electron chi connectivity index (χ4n) is 2.78. The van der Waals surface area contributed by atoms with Gasteiger partial charge in [-0.1, -0.05) is 29.4 Å². The van der Waals surface area contributed by atoms with Crippen LogP contribution in [0.25, 0.3) is 0 Å². The maximum Gasteiger partial charge on any atom is 0.458 e. The van der Waals surface area contributed by atoms with Gasteiger partial charge in [0, 0.05) is 12.1 Å². The van der Waals surface area contributed by atoms with Crippen LogP contribution >= 0.6 is 0 Å². The predicted molar refractivity (Wildman–Crippen MR) is 83.0 cm³/mol. The zero-order chi connectivity index (χ0) is 17.7. The van der Waals surface area contributed by atoms with Gasteiger partial charge in [0.05, 0.1) is 24.4 Å². The second kappa shape index (κ2) is 5.59. The van der Waals surface area contributed by atoms with E-state index in [1.54, 1.807) is 24.3 Å². The van der Waals surface area contributed by atoms with Crippen molar-refractivity contribution in [2.45, 2.75) is 43.7 Å². The molecule has 25 heavy (non-hydrogen) atoms. The van der Waals surface area contributed by atoms with Gasteiger partial charge in [-0.05, 0) is 30.0 Å². The molecular weight excluding hydrogens is 335 g/mol. The Balaban J connectivity index is 1.43. The number of rotatable bonds is 4. The highest BCUT2D eigenvalue weighted by molar-refractivity contribution is 6.01. The minimum absolute atomic E-state index is 0.0708. The van der Waals surface area contributed by atoms with Gasteiger partial charge in [-0.3, -0.25) is 4.68 Å². The molecule has 2 heterocycles. The van der Waals surface area contributed by atoms with Crippen molar-refractivity contribution in [1.82, 2.24) is 9.78 Å². The highest BCUT2D eigenvalue weighted by Crippen LogP contribution is 2.39. The van der Waals surface area contributed by atoms with Crippen molar-refractivity contribution in [2.24, 2.45) is 5.16 Å². The molecule has 1 aliphatic heterocycles. The summed E-state index contributed by atoms with van der Waals surface area (Å²) in [6.45, 7) is 0.586. The Morgan fingerprint density at radius 2 is 1.92 bits per heavy atom. The molecule has 1 unspecified atom stereocenters. The quantitative estimate of drug-likeness (QED) is 0.920. The first-order valence-electron chi connectivity index (χ1n) is 8.01. The van der Waals surface area contributed by atoms with E-state index < -0.39 is 18.4 Å². The zero-order valence-electron chi connectivity index (χ0n) is 13.2. The van der Waals surface area contributed by atoms with Gasteiger partial charge in [-0.25, -0.2) is 0 Å². The van der Waals surface area contributed by atoms with Crippen LogP contribution in [0.4, 0.5) is 13.2 Å². The normalized spacial score (nSPS) is 23.4. The molecule has 1 N–H and O–H groups in total. The topological polar surface area (TPSA) is 59.6 Å².